The highest BCUT2D eigenvalue weighted by Gasteiger charge is 2.50. The largest absolute Gasteiger partial charge is 0.504 e. The summed E-state index contributed by atoms with van der Waals surface area (Å²) in [5.74, 6) is -14.3. The van der Waals surface area contributed by atoms with E-state index in [2.05, 4.69) is 0 Å². The monoisotopic (exact) mass is 634 g/mol. The van der Waals surface area contributed by atoms with Crippen LogP contribution in [0.25, 0.3) is 11.1 Å². The molecule has 0 saturated carbocycles. The van der Waals surface area contributed by atoms with Crippen molar-refractivity contribution in [1.29, 1.82) is 0 Å². The van der Waals surface area contributed by atoms with Crippen molar-refractivity contribution in [2.24, 2.45) is 0 Å². The molecule has 0 spiro atoms. The van der Waals surface area contributed by atoms with Crippen molar-refractivity contribution >= 4 is 17.9 Å². The van der Waals surface area contributed by atoms with Gasteiger partial charge in [-0.3, -0.25) is 0 Å². The quantitative estimate of drug-likeness (QED) is 0.0979. The fraction of sp³-hybridized carbons (Fsp3) is 0.222. The van der Waals surface area contributed by atoms with E-state index in [9.17, 15) is 70.6 Å². The average molecular weight is 634 g/mol. The van der Waals surface area contributed by atoms with Crippen LogP contribution in [0.1, 0.15) is 31.1 Å². The Morgan fingerprint density at radius 1 is 0.667 bits per heavy atom. The molecule has 3 aromatic carbocycles. The van der Waals surface area contributed by atoms with Crippen molar-refractivity contribution in [3.63, 3.8) is 0 Å². The predicted molar refractivity (Wildman–Crippen MR) is 139 cm³/mol. The average Bonchev–Trinajstić information content (AvgIpc) is 3.01. The minimum absolute atomic E-state index is 0.539. The number of esters is 3. The Hall–Kier alpha value is -5.85. The van der Waals surface area contributed by atoms with Gasteiger partial charge < -0.3 is 75.1 Å². The number of rotatable bonds is 2. The Morgan fingerprint density at radius 3 is 1.69 bits per heavy atom. The summed E-state index contributed by atoms with van der Waals surface area (Å²) in [5, 5.41) is 112. The molecule has 11 N–H and O–H groups in total. The summed E-state index contributed by atoms with van der Waals surface area (Å²) < 4.78 is 20.9. The second-order valence-corrected chi connectivity index (χ2v) is 9.79. The van der Waals surface area contributed by atoms with Crippen molar-refractivity contribution in [2.45, 2.75) is 30.7 Å². The number of hydrogen-bond acceptors (Lipinski definition) is 18. The molecule has 0 radical (unpaired) electrons. The van der Waals surface area contributed by atoms with Crippen molar-refractivity contribution in [3.8, 4) is 62.9 Å². The Morgan fingerprint density at radius 2 is 1.16 bits per heavy atom. The minimum atomic E-state index is -2.18. The van der Waals surface area contributed by atoms with Gasteiger partial charge in [-0.05, 0) is 24.3 Å². The highest BCUT2D eigenvalue weighted by Crippen LogP contribution is 2.53. The summed E-state index contributed by atoms with van der Waals surface area (Å²) in [5.41, 5.74) is -3.99. The summed E-state index contributed by atoms with van der Waals surface area (Å²) in [7, 11) is 0. The Labute approximate surface area is 248 Å². The molecule has 0 aliphatic carbocycles. The van der Waals surface area contributed by atoms with Crippen molar-refractivity contribution in [2.75, 3.05) is 6.61 Å². The molecule has 2 aliphatic heterocycles. The lowest BCUT2D eigenvalue weighted by Gasteiger charge is -2.41. The number of carbonyl (C=O) groups excluding carboxylic acids is 3. The Bertz CT molecular complexity index is 1730. The highest BCUT2D eigenvalue weighted by atomic mass is 16.7. The van der Waals surface area contributed by atoms with Crippen molar-refractivity contribution in [1.82, 2.24) is 0 Å². The summed E-state index contributed by atoms with van der Waals surface area (Å²) in [6.07, 6.45) is -10.1. The normalized spacial score (nSPS) is 22.9. The lowest BCUT2D eigenvalue weighted by atomic mass is 9.92. The number of phenols is 9. The molecule has 0 amide bonds. The van der Waals surface area contributed by atoms with E-state index in [0.717, 1.165) is 0 Å². The van der Waals surface area contributed by atoms with E-state index < -0.39 is 135 Å². The van der Waals surface area contributed by atoms with Crippen LogP contribution in [0.3, 0.4) is 0 Å². The second-order valence-electron chi connectivity index (χ2n) is 9.79. The summed E-state index contributed by atoms with van der Waals surface area (Å²) >= 11 is 0. The number of aromatic hydroxyl groups is 9. The standard InChI is InChI=1S/C27H22O18/c28-9-1-6(2-10(29)16(9)32)24(39)45-27-22(38)21(37)23-13(43-27)5-42-25(40)7-3-11(30)17(33)19(35)14(7)15-8(26(41)44-23)4-12(31)18(34)20(15)36/h1-4,13,21-23,27-38H,5H2/t13-,21-,22+,23+,27+/m1/s1. The second kappa shape index (κ2) is 11.0. The summed E-state index contributed by atoms with van der Waals surface area (Å²) in [6, 6.07) is 2.51. The van der Waals surface area contributed by atoms with Gasteiger partial charge in [0.25, 0.3) is 0 Å². The van der Waals surface area contributed by atoms with Gasteiger partial charge in [0, 0.05) is 11.1 Å². The van der Waals surface area contributed by atoms with Crippen molar-refractivity contribution in [3.05, 3.63) is 41.0 Å². The van der Waals surface area contributed by atoms with E-state index in [4.69, 9.17) is 18.9 Å². The number of aliphatic hydroxyl groups is 2. The molecule has 45 heavy (non-hydrogen) atoms. The lowest BCUT2D eigenvalue weighted by Crippen LogP contribution is -2.61. The zero-order valence-electron chi connectivity index (χ0n) is 22.2. The molecule has 18 heteroatoms. The van der Waals surface area contributed by atoms with Gasteiger partial charge >= 0.3 is 17.9 Å². The van der Waals surface area contributed by atoms with Gasteiger partial charge in [-0.1, -0.05) is 0 Å². The molecule has 0 unspecified atom stereocenters. The summed E-state index contributed by atoms with van der Waals surface area (Å²) in [4.78, 5) is 39.3. The van der Waals surface area contributed by atoms with E-state index in [1.54, 1.807) is 0 Å². The van der Waals surface area contributed by atoms with Gasteiger partial charge in [0.15, 0.2) is 46.4 Å². The zero-order chi connectivity index (χ0) is 33.1. The first-order valence-electron chi connectivity index (χ1n) is 12.5. The van der Waals surface area contributed by atoms with Gasteiger partial charge in [-0.2, -0.15) is 0 Å². The molecule has 18 nitrogen and oxygen atoms in total. The minimum Gasteiger partial charge on any atom is -0.504 e. The molecule has 0 bridgehead atoms. The lowest BCUT2D eigenvalue weighted by molar-refractivity contribution is -0.284. The SMILES string of the molecule is O=C(O[C@@H]1O[C@@H]2COC(=O)c3cc(O)c(O)c(O)c3-c3c(cc(O)c(O)c3O)C(=O)O[C@@H]2[C@H](O)[C@@H]1O)c1cc(O)c(O)c(O)c1. The summed E-state index contributed by atoms with van der Waals surface area (Å²) in [6.45, 7) is -0.948. The van der Waals surface area contributed by atoms with E-state index >= 15 is 0 Å². The van der Waals surface area contributed by atoms with Crippen LogP contribution < -0.4 is 0 Å². The molecule has 5 rings (SSSR count). The zero-order valence-corrected chi connectivity index (χ0v) is 22.2. The third kappa shape index (κ3) is 5.07. The number of hydrogen-bond donors (Lipinski definition) is 11. The van der Waals surface area contributed by atoms with Crippen LogP contribution in [0.2, 0.25) is 0 Å². The van der Waals surface area contributed by atoms with Crippen LogP contribution >= 0.6 is 0 Å². The van der Waals surface area contributed by atoms with Gasteiger partial charge in [0.2, 0.25) is 17.8 Å². The smallest absolute Gasteiger partial charge is 0.340 e. The maximum absolute atomic E-state index is 13.4. The predicted octanol–water partition coefficient (Wildman–Crippen LogP) is -0.297. The first kappa shape index (κ1) is 30.6. The van der Waals surface area contributed by atoms with Gasteiger partial charge in [0.1, 0.15) is 24.9 Å². The Kier molecular flexibility index (Phi) is 7.49. The first-order valence-corrected chi connectivity index (χ1v) is 12.5. The molecule has 2 aliphatic rings. The van der Waals surface area contributed by atoms with E-state index in [1.807, 2.05) is 0 Å². The molecule has 2 heterocycles. The molecule has 1 fully saturated rings. The van der Waals surface area contributed by atoms with Crippen LogP contribution in [0.5, 0.6) is 51.7 Å². The third-order valence-electron chi connectivity index (χ3n) is 6.99. The molecular weight excluding hydrogens is 612 g/mol. The van der Waals surface area contributed by atoms with Crippen molar-refractivity contribution < 1.29 is 89.5 Å². The van der Waals surface area contributed by atoms with Crippen LogP contribution in [0.4, 0.5) is 0 Å². The molecule has 0 aromatic heterocycles. The number of cyclic esters (lactones) is 1. The first-order chi connectivity index (χ1) is 21.1. The number of phenolic OH excluding ortho intramolecular Hbond substituents is 9. The maximum Gasteiger partial charge on any atom is 0.340 e. The fourth-order valence-corrected chi connectivity index (χ4v) is 4.72. The number of aliphatic hydroxyl groups excluding tert-OH is 2. The molecule has 1 saturated heterocycles. The van der Waals surface area contributed by atoms with Crippen LogP contribution in [-0.2, 0) is 18.9 Å². The topological polar surface area (TPSA) is 311 Å². The third-order valence-corrected chi connectivity index (χ3v) is 6.99. The van der Waals surface area contributed by atoms with Gasteiger partial charge in [-0.25, -0.2) is 14.4 Å². The fourth-order valence-electron chi connectivity index (χ4n) is 4.72. The van der Waals surface area contributed by atoms with E-state index in [1.165, 1.54) is 0 Å². The number of fused-ring (bicyclic) bond motifs is 4. The number of benzene rings is 3. The highest BCUT2D eigenvalue weighted by molar-refractivity contribution is 6.08. The van der Waals surface area contributed by atoms with Crippen LogP contribution in [-0.4, -0.2) is 111 Å². The maximum atomic E-state index is 13.4. The van der Waals surface area contributed by atoms with E-state index in [-0.39, 0.29) is 0 Å². The van der Waals surface area contributed by atoms with Gasteiger partial charge in [-0.15, -0.1) is 0 Å². The number of ether oxygens (including phenoxy) is 4. The molecule has 3 aromatic rings. The van der Waals surface area contributed by atoms with Gasteiger partial charge in [0.05, 0.1) is 16.7 Å². The molecule has 238 valence electrons. The molecular formula is C27H22O18. The molecule has 5 atom stereocenters. The van der Waals surface area contributed by atoms with Crippen LogP contribution in [0, 0.1) is 0 Å². The van der Waals surface area contributed by atoms with Crippen LogP contribution in [0.15, 0.2) is 24.3 Å². The van der Waals surface area contributed by atoms with E-state index in [0.29, 0.717) is 24.3 Å². The number of carbonyl (C=O) groups is 3. The Balaban J connectivity index is 1.57.